The summed E-state index contributed by atoms with van der Waals surface area (Å²) in [5.41, 5.74) is 2.25. The van der Waals surface area contributed by atoms with Gasteiger partial charge in [-0.15, -0.1) is 0 Å². The number of halogens is 1. The Morgan fingerprint density at radius 1 is 1.55 bits per heavy atom. The number of nitrogens with one attached hydrogen (secondary N) is 1. The van der Waals surface area contributed by atoms with Gasteiger partial charge < -0.3 is 0 Å². The van der Waals surface area contributed by atoms with Gasteiger partial charge in [-0.05, 0) is 0 Å². The molecule has 20 heavy (non-hydrogen) atoms. The molecule has 6 heteroatoms. The van der Waals surface area contributed by atoms with E-state index in [1.54, 1.807) is 6.92 Å². The first kappa shape index (κ1) is 15.3. The topological polar surface area (TPSA) is 50.7 Å². The molecule has 0 saturated heterocycles. The van der Waals surface area contributed by atoms with Crippen molar-refractivity contribution in [1.82, 2.24) is 5.32 Å². The van der Waals surface area contributed by atoms with Crippen molar-refractivity contribution in [2.24, 2.45) is 4.99 Å². The normalized spacial score (nSPS) is 18.4. The number of benzene rings is 1. The molecule has 1 N–H and O–H groups in total. The van der Waals surface area contributed by atoms with Crippen molar-refractivity contribution in [3.05, 3.63) is 45.6 Å². The molecule has 1 radical (unpaired) electrons. The van der Waals surface area contributed by atoms with Gasteiger partial charge in [0.1, 0.15) is 0 Å². The quantitative estimate of drug-likeness (QED) is 0.626. The summed E-state index contributed by atoms with van der Waals surface area (Å²) in [6.45, 7) is 3.99. The fraction of sp³-hybridized carbons (Fsp3) is 0.286. The van der Waals surface area contributed by atoms with E-state index in [-0.39, 0.29) is 12.0 Å². The summed E-state index contributed by atoms with van der Waals surface area (Å²) in [5, 5.41) is 3.04. The van der Waals surface area contributed by atoms with Crippen LogP contribution in [0.5, 0.6) is 0 Å². The summed E-state index contributed by atoms with van der Waals surface area (Å²) in [6.07, 6.45) is 0. The predicted molar refractivity (Wildman–Crippen MR) is 82.5 cm³/mol. The molecular formula is C14H14BrN2O2Se. The molecule has 0 amide bonds. The number of allylic oxidation sites excluding steroid dienone is 1. The summed E-state index contributed by atoms with van der Waals surface area (Å²) in [7, 11) is 0. The fourth-order valence-corrected chi connectivity index (χ4v) is 3.00. The second-order valence-corrected chi connectivity index (χ2v) is 6.00. The molecule has 2 rings (SSSR count). The van der Waals surface area contributed by atoms with Crippen LogP contribution in [0.2, 0.25) is 0 Å². The molecule has 1 aromatic rings. The van der Waals surface area contributed by atoms with Crippen LogP contribution in [-0.4, -0.2) is 33.3 Å². The van der Waals surface area contributed by atoms with Gasteiger partial charge >= 0.3 is 135 Å². The van der Waals surface area contributed by atoms with Crippen molar-refractivity contribution in [3.8, 4) is 0 Å². The number of aliphatic imine (C=N–C) groups is 1. The van der Waals surface area contributed by atoms with Crippen molar-refractivity contribution in [2.45, 2.75) is 19.9 Å². The van der Waals surface area contributed by atoms with Crippen molar-refractivity contribution >= 4 is 42.6 Å². The molecule has 0 saturated carbocycles. The Balaban J connectivity index is 2.46. The Morgan fingerprint density at radius 2 is 2.30 bits per heavy atom. The monoisotopic (exact) mass is 401 g/mol. The van der Waals surface area contributed by atoms with Crippen LogP contribution in [0.1, 0.15) is 25.5 Å². The van der Waals surface area contributed by atoms with Crippen molar-refractivity contribution in [3.63, 3.8) is 0 Å². The van der Waals surface area contributed by atoms with E-state index in [0.717, 1.165) is 15.7 Å². The van der Waals surface area contributed by atoms with Gasteiger partial charge in [-0.1, -0.05) is 0 Å². The molecule has 1 aromatic carbocycles. The second-order valence-electron chi connectivity index (χ2n) is 4.28. The molecule has 0 bridgehead atoms. The van der Waals surface area contributed by atoms with Gasteiger partial charge in [0.2, 0.25) is 0 Å². The third kappa shape index (κ3) is 3.31. The van der Waals surface area contributed by atoms with Crippen LogP contribution in [0.25, 0.3) is 0 Å². The average molecular weight is 401 g/mol. The van der Waals surface area contributed by atoms with Crippen molar-refractivity contribution in [1.29, 1.82) is 0 Å². The number of carbonyl (C=O) groups excluding carboxylic acids is 1. The van der Waals surface area contributed by atoms with Gasteiger partial charge in [-0.2, -0.15) is 0 Å². The van der Waals surface area contributed by atoms with E-state index in [1.165, 1.54) is 0 Å². The van der Waals surface area contributed by atoms with Crippen LogP contribution < -0.4 is 5.32 Å². The summed E-state index contributed by atoms with van der Waals surface area (Å²) < 4.78 is 6.76. The van der Waals surface area contributed by atoms with Gasteiger partial charge in [0.05, 0.1) is 0 Å². The SMILES string of the molecule is CCOC(=O)C1=C(C)NC([Se])=NC1c1cccc(Br)c1. The second kappa shape index (κ2) is 6.57. The van der Waals surface area contributed by atoms with Crippen LogP contribution in [0.15, 0.2) is 45.0 Å². The van der Waals surface area contributed by atoms with Crippen LogP contribution in [0.4, 0.5) is 0 Å². The number of rotatable bonds is 3. The molecule has 0 spiro atoms. The molecule has 4 nitrogen and oxygen atoms in total. The number of carbonyl (C=O) groups is 1. The number of hydrogen-bond donors (Lipinski definition) is 1. The van der Waals surface area contributed by atoms with E-state index in [0.29, 0.717) is 16.9 Å². The maximum atomic E-state index is 12.2. The van der Waals surface area contributed by atoms with Crippen LogP contribution in [-0.2, 0) is 9.53 Å². The molecule has 1 aliphatic heterocycles. The third-order valence-corrected chi connectivity index (χ3v) is 3.81. The zero-order valence-corrected chi connectivity index (χ0v) is 14.4. The first-order valence-electron chi connectivity index (χ1n) is 6.18. The van der Waals surface area contributed by atoms with Crippen LogP contribution >= 0.6 is 15.9 Å². The van der Waals surface area contributed by atoms with Gasteiger partial charge in [0.25, 0.3) is 0 Å². The van der Waals surface area contributed by atoms with E-state index in [1.807, 2.05) is 31.2 Å². The Bertz CT molecular complexity index is 599. The number of amidine groups is 1. The van der Waals surface area contributed by atoms with Gasteiger partial charge in [-0.3, -0.25) is 0 Å². The Hall–Kier alpha value is -1.10. The molecule has 0 aromatic heterocycles. The number of hydrogen-bond acceptors (Lipinski definition) is 4. The molecular weight excluding hydrogens is 387 g/mol. The first-order chi connectivity index (χ1) is 9.52. The molecule has 1 aliphatic rings. The van der Waals surface area contributed by atoms with E-state index < -0.39 is 0 Å². The Kier molecular flexibility index (Phi) is 5.02. The summed E-state index contributed by atoms with van der Waals surface area (Å²) >= 11 is 6.30. The van der Waals surface area contributed by atoms with Gasteiger partial charge in [0.15, 0.2) is 0 Å². The number of esters is 1. The number of nitrogens with zero attached hydrogens (tertiary/aromatic N) is 1. The zero-order valence-electron chi connectivity index (χ0n) is 11.1. The molecule has 105 valence electrons. The van der Waals surface area contributed by atoms with E-state index in [2.05, 4.69) is 42.3 Å². The van der Waals surface area contributed by atoms with Gasteiger partial charge in [0, 0.05) is 0 Å². The maximum absolute atomic E-state index is 12.2. The van der Waals surface area contributed by atoms with Gasteiger partial charge in [-0.25, -0.2) is 0 Å². The standard InChI is InChI=1S/C14H14BrN2O2Se/c1-3-19-13(18)11-8(2)16-14(20)17-12(11)9-5-4-6-10(15)7-9/h4-7,12H,3H2,1-2H3,(H,16,17). The van der Waals surface area contributed by atoms with Crippen LogP contribution in [0, 0.1) is 0 Å². The average Bonchev–Trinajstić information content (AvgIpc) is 2.37. The summed E-state index contributed by atoms with van der Waals surface area (Å²) in [5.74, 6) is -0.335. The number of ether oxygens (including phenoxy) is 1. The Labute approximate surface area is 134 Å². The summed E-state index contributed by atoms with van der Waals surface area (Å²) in [4.78, 5) is 16.7. The zero-order chi connectivity index (χ0) is 14.7. The molecule has 0 aliphatic carbocycles. The van der Waals surface area contributed by atoms with E-state index >= 15 is 0 Å². The molecule has 0 fully saturated rings. The van der Waals surface area contributed by atoms with Crippen molar-refractivity contribution < 1.29 is 9.53 Å². The predicted octanol–water partition coefficient (Wildman–Crippen LogP) is 2.46. The van der Waals surface area contributed by atoms with E-state index in [4.69, 9.17) is 4.74 Å². The van der Waals surface area contributed by atoms with Crippen LogP contribution in [0.3, 0.4) is 0 Å². The summed E-state index contributed by atoms with van der Waals surface area (Å²) in [6, 6.07) is 7.41. The minimum absolute atomic E-state index is 0.335. The molecule has 1 unspecified atom stereocenters. The third-order valence-electron chi connectivity index (χ3n) is 2.88. The fourth-order valence-electron chi connectivity index (χ4n) is 2.04. The van der Waals surface area contributed by atoms with Crippen molar-refractivity contribution in [2.75, 3.05) is 6.61 Å². The molecule has 1 heterocycles. The minimum atomic E-state index is -0.357. The Morgan fingerprint density at radius 3 is 2.95 bits per heavy atom. The first-order valence-corrected chi connectivity index (χ1v) is 7.83. The van der Waals surface area contributed by atoms with E-state index in [9.17, 15) is 4.79 Å². The molecule has 1 atom stereocenters.